The van der Waals surface area contributed by atoms with Crippen molar-refractivity contribution < 1.29 is 9.53 Å². The van der Waals surface area contributed by atoms with E-state index in [1.807, 2.05) is 37.4 Å². The van der Waals surface area contributed by atoms with E-state index in [0.717, 1.165) is 29.9 Å². The SMILES string of the molecule is COc1ccc2c(N3C[C@@H](C)N[C@@H](C)C3)ccc(C(=O)Nc3cc(C#N)c4nc(C)cn4c3)c2n1. The number of benzene rings is 1. The first-order valence-electron chi connectivity index (χ1n) is 11.6. The van der Waals surface area contributed by atoms with Gasteiger partial charge in [0.2, 0.25) is 5.88 Å². The highest BCUT2D eigenvalue weighted by atomic mass is 16.5. The van der Waals surface area contributed by atoms with Gasteiger partial charge in [-0.25, -0.2) is 9.97 Å². The van der Waals surface area contributed by atoms with Gasteiger partial charge in [-0.3, -0.25) is 4.79 Å². The number of anilines is 2. The monoisotopic (exact) mass is 469 g/mol. The first kappa shape index (κ1) is 22.6. The number of fused-ring (bicyclic) bond motifs is 2. The number of nitrogens with zero attached hydrogens (tertiary/aromatic N) is 5. The number of hydrogen-bond acceptors (Lipinski definition) is 7. The maximum Gasteiger partial charge on any atom is 0.257 e. The average Bonchev–Trinajstić information content (AvgIpc) is 3.21. The van der Waals surface area contributed by atoms with E-state index >= 15 is 0 Å². The van der Waals surface area contributed by atoms with Crippen molar-refractivity contribution in [3.8, 4) is 11.9 Å². The molecule has 1 saturated heterocycles. The molecule has 0 aliphatic carbocycles. The number of piperazine rings is 1. The molecule has 0 spiro atoms. The molecule has 1 amide bonds. The topological polar surface area (TPSA) is 108 Å². The molecule has 1 aromatic carbocycles. The van der Waals surface area contributed by atoms with Crippen LogP contribution in [-0.4, -0.2) is 52.6 Å². The largest absolute Gasteiger partial charge is 0.481 e. The molecule has 2 N–H and O–H groups in total. The third kappa shape index (κ3) is 4.24. The Kier molecular flexibility index (Phi) is 5.75. The maximum atomic E-state index is 13.4. The van der Waals surface area contributed by atoms with Gasteiger partial charge in [0.1, 0.15) is 6.07 Å². The van der Waals surface area contributed by atoms with Gasteiger partial charge in [-0.1, -0.05) is 0 Å². The molecule has 0 radical (unpaired) electrons. The molecule has 0 bridgehead atoms. The highest BCUT2D eigenvalue weighted by Crippen LogP contribution is 2.32. The molecule has 1 aliphatic heterocycles. The lowest BCUT2D eigenvalue weighted by atomic mass is 10.0. The van der Waals surface area contributed by atoms with Crippen LogP contribution in [-0.2, 0) is 0 Å². The van der Waals surface area contributed by atoms with Crippen LogP contribution in [0, 0.1) is 18.3 Å². The first-order valence-corrected chi connectivity index (χ1v) is 11.6. The fourth-order valence-electron chi connectivity index (χ4n) is 4.85. The highest BCUT2D eigenvalue weighted by Gasteiger charge is 2.24. The van der Waals surface area contributed by atoms with Crippen molar-refractivity contribution in [2.45, 2.75) is 32.9 Å². The molecular weight excluding hydrogens is 442 g/mol. The zero-order valence-electron chi connectivity index (χ0n) is 20.2. The van der Waals surface area contributed by atoms with Gasteiger partial charge in [-0.15, -0.1) is 0 Å². The van der Waals surface area contributed by atoms with Crippen LogP contribution < -0.4 is 20.3 Å². The lowest BCUT2D eigenvalue weighted by molar-refractivity contribution is 0.102. The Hall–Kier alpha value is -4.16. The predicted octanol–water partition coefficient (Wildman–Crippen LogP) is 3.51. The zero-order valence-corrected chi connectivity index (χ0v) is 20.2. The van der Waals surface area contributed by atoms with Crippen LogP contribution in [0.3, 0.4) is 0 Å². The molecule has 9 heteroatoms. The quantitative estimate of drug-likeness (QED) is 0.471. The summed E-state index contributed by atoms with van der Waals surface area (Å²) in [5.74, 6) is 0.122. The molecular formula is C26H27N7O2. The summed E-state index contributed by atoms with van der Waals surface area (Å²) in [7, 11) is 1.56. The summed E-state index contributed by atoms with van der Waals surface area (Å²) < 4.78 is 7.11. The molecule has 1 aliphatic rings. The summed E-state index contributed by atoms with van der Waals surface area (Å²) in [5.41, 5.74) is 4.27. The fraction of sp³-hybridized carbons (Fsp3) is 0.308. The van der Waals surface area contributed by atoms with E-state index in [9.17, 15) is 10.1 Å². The molecule has 4 heterocycles. The minimum Gasteiger partial charge on any atom is -0.481 e. The number of aromatic nitrogens is 3. The van der Waals surface area contributed by atoms with Crippen molar-refractivity contribution in [2.75, 3.05) is 30.4 Å². The third-order valence-electron chi connectivity index (χ3n) is 6.21. The Morgan fingerprint density at radius 2 is 1.94 bits per heavy atom. The number of ether oxygens (including phenoxy) is 1. The maximum absolute atomic E-state index is 13.4. The van der Waals surface area contributed by atoms with Crippen LogP contribution >= 0.6 is 0 Å². The summed E-state index contributed by atoms with van der Waals surface area (Å²) in [4.78, 5) is 24.8. The first-order chi connectivity index (χ1) is 16.9. The average molecular weight is 470 g/mol. The molecule has 0 saturated carbocycles. The van der Waals surface area contributed by atoms with Gasteiger partial charge in [0.15, 0.2) is 5.65 Å². The Morgan fingerprint density at radius 1 is 1.17 bits per heavy atom. The molecule has 35 heavy (non-hydrogen) atoms. The number of carbonyl (C=O) groups is 1. The van der Waals surface area contributed by atoms with E-state index in [1.54, 1.807) is 23.8 Å². The van der Waals surface area contributed by atoms with E-state index in [4.69, 9.17) is 4.74 Å². The summed E-state index contributed by atoms with van der Waals surface area (Å²) in [5, 5.41) is 16.9. The van der Waals surface area contributed by atoms with E-state index in [2.05, 4.69) is 45.4 Å². The second-order valence-electron chi connectivity index (χ2n) is 9.08. The smallest absolute Gasteiger partial charge is 0.257 e. The lowest BCUT2D eigenvalue weighted by Crippen LogP contribution is -2.54. The van der Waals surface area contributed by atoms with Gasteiger partial charge in [-0.05, 0) is 45.0 Å². The van der Waals surface area contributed by atoms with Crippen LogP contribution in [0.25, 0.3) is 16.6 Å². The third-order valence-corrected chi connectivity index (χ3v) is 6.21. The van der Waals surface area contributed by atoms with Crippen molar-refractivity contribution >= 4 is 33.8 Å². The zero-order chi connectivity index (χ0) is 24.7. The minimum absolute atomic E-state index is 0.315. The van der Waals surface area contributed by atoms with Crippen molar-refractivity contribution in [2.24, 2.45) is 0 Å². The van der Waals surface area contributed by atoms with Gasteiger partial charge in [0, 0.05) is 54.7 Å². The molecule has 4 aromatic rings. The molecule has 3 aromatic heterocycles. The predicted molar refractivity (Wildman–Crippen MR) is 135 cm³/mol. The van der Waals surface area contributed by atoms with Gasteiger partial charge in [0.25, 0.3) is 5.91 Å². The van der Waals surface area contributed by atoms with E-state index in [1.165, 1.54) is 0 Å². The number of pyridine rings is 2. The molecule has 0 unspecified atom stereocenters. The number of imidazole rings is 1. The number of hydrogen-bond donors (Lipinski definition) is 2. The molecule has 178 valence electrons. The Bertz CT molecular complexity index is 1480. The molecule has 9 nitrogen and oxygen atoms in total. The second kappa shape index (κ2) is 8.89. The number of aryl methyl sites for hydroxylation is 1. The van der Waals surface area contributed by atoms with Crippen molar-refractivity contribution in [3.63, 3.8) is 0 Å². The summed E-state index contributed by atoms with van der Waals surface area (Å²) in [6.07, 6.45) is 3.57. The van der Waals surface area contributed by atoms with Crippen LogP contribution in [0.1, 0.15) is 35.5 Å². The van der Waals surface area contributed by atoms with Gasteiger partial charge >= 0.3 is 0 Å². The van der Waals surface area contributed by atoms with Crippen LogP contribution in [0.15, 0.2) is 42.7 Å². The van der Waals surface area contributed by atoms with E-state index in [-0.39, 0.29) is 5.91 Å². The van der Waals surface area contributed by atoms with Crippen LogP contribution in [0.5, 0.6) is 5.88 Å². The number of nitriles is 1. The highest BCUT2D eigenvalue weighted by molar-refractivity contribution is 6.14. The Morgan fingerprint density at radius 3 is 2.66 bits per heavy atom. The van der Waals surface area contributed by atoms with Gasteiger partial charge in [0.05, 0.1) is 35.1 Å². The standard InChI is InChI=1S/C26H27N7O2/c1-15-11-32(12-16(2)28-15)22-7-5-21(24-20(22)6-8-23(31-24)35-4)26(34)30-19-9-18(10-27)25-29-17(3)13-33(25)14-19/h5-9,13-16,28H,11-12H2,1-4H3,(H,30,34)/t15-,16+. The molecule has 5 rings (SSSR count). The van der Waals surface area contributed by atoms with Crippen molar-refractivity contribution in [1.82, 2.24) is 19.7 Å². The van der Waals surface area contributed by atoms with Gasteiger partial charge in [-0.2, -0.15) is 5.26 Å². The Labute approximate surface area is 203 Å². The van der Waals surface area contributed by atoms with Crippen LogP contribution in [0.2, 0.25) is 0 Å². The molecule has 2 atom stereocenters. The second-order valence-corrected chi connectivity index (χ2v) is 9.08. The number of nitrogens with one attached hydrogen (secondary N) is 2. The summed E-state index contributed by atoms with van der Waals surface area (Å²) >= 11 is 0. The summed E-state index contributed by atoms with van der Waals surface area (Å²) in [6, 6.07) is 12.1. The van der Waals surface area contributed by atoms with E-state index in [0.29, 0.717) is 45.9 Å². The number of carbonyl (C=O) groups excluding carboxylic acids is 1. The van der Waals surface area contributed by atoms with Crippen LogP contribution in [0.4, 0.5) is 11.4 Å². The summed E-state index contributed by atoms with van der Waals surface area (Å²) in [6.45, 7) is 7.92. The fourth-order valence-corrected chi connectivity index (χ4v) is 4.85. The van der Waals surface area contributed by atoms with E-state index < -0.39 is 0 Å². The van der Waals surface area contributed by atoms with Gasteiger partial charge < -0.3 is 24.7 Å². The number of amides is 1. The molecule has 1 fully saturated rings. The van der Waals surface area contributed by atoms with Crippen molar-refractivity contribution in [3.05, 3.63) is 59.5 Å². The number of methoxy groups -OCH3 is 1. The number of rotatable bonds is 4. The Balaban J connectivity index is 1.55. The minimum atomic E-state index is -0.315. The lowest BCUT2D eigenvalue weighted by Gasteiger charge is -2.38. The normalized spacial score (nSPS) is 18.0. The van der Waals surface area contributed by atoms with Crippen molar-refractivity contribution in [1.29, 1.82) is 5.26 Å².